The molecule has 0 radical (unpaired) electrons. The van der Waals surface area contributed by atoms with Gasteiger partial charge in [0.2, 0.25) is 11.8 Å². The van der Waals surface area contributed by atoms with Crippen LogP contribution in [0.1, 0.15) is 44.1 Å². The number of rotatable bonds is 14. The molecule has 2 fully saturated rings. The second kappa shape index (κ2) is 17.3. The molecular formula is C44H47N5O3. The molecule has 0 saturated carbocycles. The normalized spacial score (nSPS) is 14.7. The molecular weight excluding hydrogens is 647 g/mol. The summed E-state index contributed by atoms with van der Waals surface area (Å²) in [5.41, 5.74) is 8.27. The van der Waals surface area contributed by atoms with Crippen LogP contribution in [0, 0.1) is 0 Å². The molecule has 0 spiro atoms. The van der Waals surface area contributed by atoms with Gasteiger partial charge in [-0.3, -0.25) is 9.59 Å². The number of anilines is 2. The van der Waals surface area contributed by atoms with Gasteiger partial charge in [-0.05, 0) is 117 Å². The van der Waals surface area contributed by atoms with Gasteiger partial charge in [-0.1, -0.05) is 66.7 Å². The number of carbonyl (C=O) groups excluding carboxylic acids is 2. The Kier molecular flexibility index (Phi) is 11.7. The molecule has 4 aromatic carbocycles. The quantitative estimate of drug-likeness (QED) is 0.121. The summed E-state index contributed by atoms with van der Waals surface area (Å²) in [6.45, 7) is 6.45. The van der Waals surface area contributed by atoms with E-state index in [0.29, 0.717) is 19.4 Å². The summed E-state index contributed by atoms with van der Waals surface area (Å²) in [6, 6.07) is 38.3. The molecule has 0 bridgehead atoms. The zero-order chi connectivity index (χ0) is 35.5. The first kappa shape index (κ1) is 35.1. The zero-order valence-corrected chi connectivity index (χ0v) is 29.7. The number of aromatic nitrogens is 1. The van der Waals surface area contributed by atoms with Crippen molar-refractivity contribution in [3.05, 3.63) is 121 Å². The molecule has 0 atom stereocenters. The minimum absolute atomic E-state index is 0.0319. The highest BCUT2D eigenvalue weighted by Crippen LogP contribution is 2.32. The largest absolute Gasteiger partial charge is 0.489 e. The molecule has 266 valence electrons. The molecule has 52 heavy (non-hydrogen) atoms. The van der Waals surface area contributed by atoms with E-state index in [4.69, 9.17) is 9.72 Å². The maximum Gasteiger partial charge on any atom is 0.225 e. The third kappa shape index (κ3) is 9.72. The van der Waals surface area contributed by atoms with E-state index < -0.39 is 0 Å². The molecule has 1 aromatic heterocycles. The molecule has 2 aliphatic heterocycles. The van der Waals surface area contributed by atoms with Gasteiger partial charge < -0.3 is 25.2 Å². The van der Waals surface area contributed by atoms with Crippen molar-refractivity contribution in [1.29, 1.82) is 0 Å². The number of pyridine rings is 1. The van der Waals surface area contributed by atoms with Gasteiger partial charge in [-0.25, -0.2) is 4.98 Å². The third-order valence-corrected chi connectivity index (χ3v) is 9.90. The molecule has 2 saturated heterocycles. The number of carbonyl (C=O) groups is 2. The van der Waals surface area contributed by atoms with Gasteiger partial charge in [0.05, 0.1) is 11.4 Å². The first-order chi connectivity index (χ1) is 25.5. The molecule has 2 amide bonds. The number of nitrogens with one attached hydrogen (secondary N) is 2. The second-order valence-corrected chi connectivity index (χ2v) is 13.8. The zero-order valence-electron chi connectivity index (χ0n) is 29.7. The van der Waals surface area contributed by atoms with Gasteiger partial charge in [-0.2, -0.15) is 0 Å². The second-order valence-electron chi connectivity index (χ2n) is 13.8. The summed E-state index contributed by atoms with van der Waals surface area (Å²) in [5, 5.41) is 6.11. The van der Waals surface area contributed by atoms with Gasteiger partial charge >= 0.3 is 0 Å². The van der Waals surface area contributed by atoms with E-state index in [-0.39, 0.29) is 11.8 Å². The lowest BCUT2D eigenvalue weighted by atomic mass is 9.99. The maximum absolute atomic E-state index is 12.7. The van der Waals surface area contributed by atoms with E-state index in [9.17, 15) is 9.59 Å². The first-order valence-electron chi connectivity index (χ1n) is 18.6. The molecule has 0 unspecified atom stereocenters. The van der Waals surface area contributed by atoms with E-state index in [2.05, 4.69) is 56.8 Å². The minimum Gasteiger partial charge on any atom is -0.489 e. The van der Waals surface area contributed by atoms with Crippen LogP contribution < -0.4 is 15.4 Å². The average molecular weight is 694 g/mol. The number of amides is 2. The number of likely N-dealkylation sites (tertiary alicyclic amines) is 2. The lowest BCUT2D eigenvalue weighted by Gasteiger charge is -2.14. The number of benzene rings is 4. The molecule has 0 aliphatic carbocycles. The van der Waals surface area contributed by atoms with Crippen molar-refractivity contribution in [1.82, 2.24) is 14.8 Å². The number of hydrogen-bond acceptors (Lipinski definition) is 6. The summed E-state index contributed by atoms with van der Waals surface area (Å²) < 4.78 is 6.05. The number of nitrogens with zero attached hydrogens (tertiary/aromatic N) is 3. The summed E-state index contributed by atoms with van der Waals surface area (Å²) in [7, 11) is 0. The van der Waals surface area contributed by atoms with Crippen molar-refractivity contribution in [2.24, 2.45) is 0 Å². The third-order valence-electron chi connectivity index (χ3n) is 9.90. The Morgan fingerprint density at radius 2 is 1.02 bits per heavy atom. The number of ether oxygens (including phenoxy) is 1. The lowest BCUT2D eigenvalue weighted by molar-refractivity contribution is -0.117. The molecule has 8 heteroatoms. The van der Waals surface area contributed by atoms with Gasteiger partial charge in [0.25, 0.3) is 0 Å². The van der Waals surface area contributed by atoms with Gasteiger partial charge in [0, 0.05) is 48.4 Å². The van der Waals surface area contributed by atoms with E-state index in [1.165, 1.54) is 25.7 Å². The summed E-state index contributed by atoms with van der Waals surface area (Å²) in [4.78, 5) is 35.1. The van der Waals surface area contributed by atoms with Crippen molar-refractivity contribution in [2.45, 2.75) is 45.1 Å². The highest BCUT2D eigenvalue weighted by molar-refractivity contribution is 5.92. The van der Waals surface area contributed by atoms with Gasteiger partial charge in [0.1, 0.15) is 12.4 Å². The van der Waals surface area contributed by atoms with Crippen molar-refractivity contribution < 1.29 is 14.3 Å². The molecule has 5 aromatic rings. The van der Waals surface area contributed by atoms with Crippen LogP contribution in [0.3, 0.4) is 0 Å². The van der Waals surface area contributed by atoms with E-state index in [0.717, 1.165) is 95.6 Å². The Morgan fingerprint density at radius 3 is 1.50 bits per heavy atom. The van der Waals surface area contributed by atoms with Crippen LogP contribution in [-0.2, 0) is 16.2 Å². The van der Waals surface area contributed by atoms with Crippen LogP contribution in [0.2, 0.25) is 0 Å². The Bertz CT molecular complexity index is 1820. The van der Waals surface area contributed by atoms with Crippen LogP contribution in [0.15, 0.2) is 115 Å². The van der Waals surface area contributed by atoms with E-state index >= 15 is 0 Å². The van der Waals surface area contributed by atoms with E-state index in [1.54, 1.807) is 0 Å². The smallest absolute Gasteiger partial charge is 0.225 e. The summed E-state index contributed by atoms with van der Waals surface area (Å²) >= 11 is 0. The topological polar surface area (TPSA) is 86.8 Å². The van der Waals surface area contributed by atoms with Crippen molar-refractivity contribution in [3.8, 4) is 39.4 Å². The predicted octanol–water partition coefficient (Wildman–Crippen LogP) is 8.51. The Labute approximate surface area is 306 Å². The molecule has 8 nitrogen and oxygen atoms in total. The van der Waals surface area contributed by atoms with Crippen LogP contribution in [0.25, 0.3) is 33.6 Å². The maximum atomic E-state index is 12.7. The highest BCUT2D eigenvalue weighted by atomic mass is 16.5. The molecule has 2 aliphatic rings. The predicted molar refractivity (Wildman–Crippen MR) is 209 cm³/mol. The first-order valence-corrected chi connectivity index (χ1v) is 18.6. The SMILES string of the molecule is O=C(CCN1CCCC1)Nc1ccc(-c2cc(-c3ccc(OCc4ccccc4)cc3)cc(-c3ccc(NC(=O)CCN4CCCC4)cc3)n2)cc1. The fourth-order valence-electron chi connectivity index (χ4n) is 6.90. The van der Waals surface area contributed by atoms with Crippen LogP contribution >= 0.6 is 0 Å². The van der Waals surface area contributed by atoms with Crippen molar-refractivity contribution in [2.75, 3.05) is 49.9 Å². The Balaban J connectivity index is 1.08. The highest BCUT2D eigenvalue weighted by Gasteiger charge is 2.15. The standard InChI is InChI=1S/C44H47N5O3/c50-43(22-28-48-24-4-5-25-48)45-38-16-10-35(11-17-38)41-30-37(34-14-20-40(21-15-34)52-32-33-8-2-1-3-9-33)31-42(47-41)36-12-18-39(19-13-36)46-44(51)23-29-49-26-6-7-27-49/h1-3,8-21,30-31H,4-7,22-29,32H2,(H,45,50)(H,46,51). The monoisotopic (exact) mass is 693 g/mol. The fraction of sp³-hybridized carbons (Fsp3) is 0.295. The molecule has 3 heterocycles. The van der Waals surface area contributed by atoms with Gasteiger partial charge in [-0.15, -0.1) is 0 Å². The van der Waals surface area contributed by atoms with Crippen molar-refractivity contribution >= 4 is 23.2 Å². The van der Waals surface area contributed by atoms with Crippen LogP contribution in [-0.4, -0.2) is 65.9 Å². The summed E-state index contributed by atoms with van der Waals surface area (Å²) in [6.07, 6.45) is 5.86. The fourth-order valence-corrected chi connectivity index (χ4v) is 6.90. The van der Waals surface area contributed by atoms with E-state index in [1.807, 2.05) is 78.9 Å². The van der Waals surface area contributed by atoms with Crippen LogP contribution in [0.4, 0.5) is 11.4 Å². The molecule has 2 N–H and O–H groups in total. The van der Waals surface area contributed by atoms with Crippen LogP contribution in [0.5, 0.6) is 5.75 Å². The van der Waals surface area contributed by atoms with Crippen molar-refractivity contribution in [3.63, 3.8) is 0 Å². The van der Waals surface area contributed by atoms with Gasteiger partial charge in [0.15, 0.2) is 0 Å². The Hall–Kier alpha value is -5.31. The number of hydrogen-bond donors (Lipinski definition) is 2. The lowest BCUT2D eigenvalue weighted by Crippen LogP contribution is -2.25. The summed E-state index contributed by atoms with van der Waals surface area (Å²) in [5.74, 6) is 0.868. The average Bonchev–Trinajstić information content (AvgIpc) is 3.92. The Morgan fingerprint density at radius 1 is 0.558 bits per heavy atom. The minimum atomic E-state index is 0.0319. The molecule has 7 rings (SSSR count).